The van der Waals surface area contributed by atoms with Crippen molar-refractivity contribution < 1.29 is 17.9 Å². The Kier molecular flexibility index (Phi) is 3.94. The molecule has 0 radical (unpaired) electrons. The van der Waals surface area contributed by atoms with Crippen molar-refractivity contribution in [1.82, 2.24) is 4.98 Å². The lowest BCUT2D eigenvalue weighted by atomic mass is 10.2. The highest BCUT2D eigenvalue weighted by atomic mass is 32.1. The Balaban J connectivity index is 2.01. The summed E-state index contributed by atoms with van der Waals surface area (Å²) >= 11 is 1.50. The Morgan fingerprint density at radius 1 is 1.26 bits per heavy atom. The van der Waals surface area contributed by atoms with Crippen LogP contribution in [0.1, 0.15) is 5.69 Å². The molecule has 0 unspecified atom stereocenters. The molecule has 0 amide bonds. The molecule has 102 valence electrons. The minimum absolute atomic E-state index is 0.224. The van der Waals surface area contributed by atoms with Crippen LogP contribution in [-0.4, -0.2) is 18.4 Å². The number of thiazole rings is 1. The lowest BCUT2D eigenvalue weighted by molar-refractivity contribution is -0.274. The number of aromatic nitrogens is 1. The van der Waals surface area contributed by atoms with Crippen molar-refractivity contribution in [1.29, 1.82) is 0 Å². The highest BCUT2D eigenvalue weighted by Gasteiger charge is 2.30. The zero-order valence-corrected chi connectivity index (χ0v) is 10.8. The molecule has 0 spiro atoms. The van der Waals surface area contributed by atoms with Crippen LogP contribution in [0.2, 0.25) is 0 Å². The zero-order valence-electron chi connectivity index (χ0n) is 10.0. The molecule has 0 bridgehead atoms. The van der Waals surface area contributed by atoms with E-state index in [1.165, 1.54) is 23.5 Å². The molecule has 0 aliphatic carbocycles. The second kappa shape index (κ2) is 5.48. The Hall–Kier alpha value is -1.76. The number of benzene rings is 1. The highest BCUT2D eigenvalue weighted by Crippen LogP contribution is 2.25. The molecule has 0 fully saturated rings. The predicted octanol–water partition coefficient (Wildman–Crippen LogP) is 3.68. The van der Waals surface area contributed by atoms with Crippen LogP contribution in [0.5, 0.6) is 5.75 Å². The summed E-state index contributed by atoms with van der Waals surface area (Å²) in [7, 11) is 1.85. The van der Waals surface area contributed by atoms with Gasteiger partial charge >= 0.3 is 6.36 Å². The minimum atomic E-state index is -4.66. The van der Waals surface area contributed by atoms with Crippen LogP contribution in [0.4, 0.5) is 18.9 Å². The third-order valence-electron chi connectivity index (χ3n) is 2.39. The molecular weight excluding hydrogens is 277 g/mol. The van der Waals surface area contributed by atoms with Crippen LogP contribution in [0.15, 0.2) is 35.2 Å². The third kappa shape index (κ3) is 4.13. The Morgan fingerprint density at radius 2 is 1.95 bits per heavy atom. The molecule has 0 saturated carbocycles. The number of rotatable bonds is 4. The molecule has 0 N–H and O–H groups in total. The Bertz CT molecular complexity index is 511. The van der Waals surface area contributed by atoms with Crippen molar-refractivity contribution in [2.24, 2.45) is 0 Å². The van der Waals surface area contributed by atoms with Crippen LogP contribution in [0.25, 0.3) is 0 Å². The lowest BCUT2D eigenvalue weighted by Gasteiger charge is -2.18. The van der Waals surface area contributed by atoms with Crippen LogP contribution < -0.4 is 9.64 Å². The Labute approximate surface area is 112 Å². The van der Waals surface area contributed by atoms with Crippen LogP contribution >= 0.6 is 11.3 Å². The van der Waals surface area contributed by atoms with E-state index in [1.807, 2.05) is 17.3 Å². The van der Waals surface area contributed by atoms with Gasteiger partial charge in [0, 0.05) is 18.1 Å². The summed E-state index contributed by atoms with van der Waals surface area (Å²) in [4.78, 5) is 6.05. The topological polar surface area (TPSA) is 25.4 Å². The van der Waals surface area contributed by atoms with Gasteiger partial charge in [-0.3, -0.25) is 0 Å². The number of alkyl halides is 3. The largest absolute Gasteiger partial charge is 0.573 e. The number of ether oxygens (including phenoxy) is 1. The van der Waals surface area contributed by atoms with E-state index in [9.17, 15) is 13.2 Å². The summed E-state index contributed by atoms with van der Waals surface area (Å²) in [6, 6.07) is 5.74. The normalized spacial score (nSPS) is 11.4. The number of hydrogen-bond donors (Lipinski definition) is 0. The quantitative estimate of drug-likeness (QED) is 0.858. The van der Waals surface area contributed by atoms with E-state index < -0.39 is 6.36 Å². The van der Waals surface area contributed by atoms with Gasteiger partial charge in [-0.1, -0.05) is 0 Å². The smallest absolute Gasteiger partial charge is 0.406 e. The molecule has 1 aromatic carbocycles. The van der Waals surface area contributed by atoms with E-state index in [0.717, 1.165) is 11.4 Å². The predicted molar refractivity (Wildman–Crippen MR) is 67.3 cm³/mol. The van der Waals surface area contributed by atoms with Gasteiger partial charge in [-0.05, 0) is 24.3 Å². The van der Waals surface area contributed by atoms with Crippen molar-refractivity contribution in [3.05, 3.63) is 40.8 Å². The first-order chi connectivity index (χ1) is 8.94. The van der Waals surface area contributed by atoms with Crippen molar-refractivity contribution in [3.63, 3.8) is 0 Å². The van der Waals surface area contributed by atoms with Gasteiger partial charge in [-0.15, -0.1) is 24.5 Å². The average Bonchev–Trinajstić information content (AvgIpc) is 2.80. The molecular formula is C12H11F3N2OS. The molecule has 0 aliphatic rings. The standard InChI is InChI=1S/C12H11F3N2OS/c1-17(6-9-7-19-8-16-9)10-2-4-11(5-3-10)18-12(13,14)15/h2-5,7-8H,6H2,1H3. The van der Waals surface area contributed by atoms with Gasteiger partial charge in [0.25, 0.3) is 0 Å². The molecule has 0 saturated heterocycles. The second-order valence-corrected chi connectivity index (χ2v) is 4.60. The maximum atomic E-state index is 12.0. The highest BCUT2D eigenvalue weighted by molar-refractivity contribution is 7.07. The second-order valence-electron chi connectivity index (χ2n) is 3.88. The van der Waals surface area contributed by atoms with Crippen LogP contribution in [-0.2, 0) is 6.54 Å². The monoisotopic (exact) mass is 288 g/mol. The van der Waals surface area contributed by atoms with E-state index in [0.29, 0.717) is 6.54 Å². The molecule has 0 aliphatic heterocycles. The fourth-order valence-electron chi connectivity index (χ4n) is 1.55. The maximum absolute atomic E-state index is 12.0. The molecule has 19 heavy (non-hydrogen) atoms. The first kappa shape index (κ1) is 13.7. The van der Waals surface area contributed by atoms with Gasteiger partial charge < -0.3 is 9.64 Å². The summed E-state index contributed by atoms with van der Waals surface area (Å²) in [5.74, 6) is -0.224. The summed E-state index contributed by atoms with van der Waals surface area (Å²) in [5, 5.41) is 1.93. The first-order valence-corrected chi connectivity index (χ1v) is 6.32. The summed E-state index contributed by atoms with van der Waals surface area (Å²) < 4.78 is 39.9. The Morgan fingerprint density at radius 3 is 2.47 bits per heavy atom. The third-order valence-corrected chi connectivity index (χ3v) is 3.03. The molecule has 2 rings (SSSR count). The molecule has 0 atom stereocenters. The zero-order chi connectivity index (χ0) is 13.9. The van der Waals surface area contributed by atoms with E-state index in [2.05, 4.69) is 9.72 Å². The van der Waals surface area contributed by atoms with Gasteiger partial charge in [0.1, 0.15) is 5.75 Å². The number of hydrogen-bond acceptors (Lipinski definition) is 4. The van der Waals surface area contributed by atoms with Gasteiger partial charge in [-0.2, -0.15) is 0 Å². The van der Waals surface area contributed by atoms with Crippen LogP contribution in [0, 0.1) is 0 Å². The van der Waals surface area contributed by atoms with Gasteiger partial charge in [0.05, 0.1) is 17.7 Å². The van der Waals surface area contributed by atoms with Gasteiger partial charge in [0.2, 0.25) is 0 Å². The van der Waals surface area contributed by atoms with Gasteiger partial charge in [-0.25, -0.2) is 4.98 Å². The van der Waals surface area contributed by atoms with Crippen LogP contribution in [0.3, 0.4) is 0 Å². The van der Waals surface area contributed by atoms with Gasteiger partial charge in [0.15, 0.2) is 0 Å². The fraction of sp³-hybridized carbons (Fsp3) is 0.250. The van der Waals surface area contributed by atoms with Crippen molar-refractivity contribution in [2.45, 2.75) is 12.9 Å². The number of anilines is 1. The SMILES string of the molecule is CN(Cc1cscn1)c1ccc(OC(F)(F)F)cc1. The number of nitrogens with zero attached hydrogens (tertiary/aromatic N) is 2. The molecule has 1 heterocycles. The molecule has 7 heteroatoms. The van der Waals surface area contributed by atoms with Crippen molar-refractivity contribution in [3.8, 4) is 5.75 Å². The molecule has 2 aromatic rings. The summed E-state index contributed by atoms with van der Waals surface area (Å²) in [6.07, 6.45) is -4.66. The molecule has 3 nitrogen and oxygen atoms in total. The van der Waals surface area contributed by atoms with E-state index in [4.69, 9.17) is 0 Å². The van der Waals surface area contributed by atoms with E-state index >= 15 is 0 Å². The average molecular weight is 288 g/mol. The minimum Gasteiger partial charge on any atom is -0.406 e. The summed E-state index contributed by atoms with van der Waals surface area (Å²) in [5.41, 5.74) is 3.45. The van der Waals surface area contributed by atoms with E-state index in [-0.39, 0.29) is 5.75 Å². The lowest BCUT2D eigenvalue weighted by Crippen LogP contribution is -2.18. The first-order valence-electron chi connectivity index (χ1n) is 5.38. The number of halogens is 3. The summed E-state index contributed by atoms with van der Waals surface area (Å²) in [6.45, 7) is 0.600. The maximum Gasteiger partial charge on any atom is 0.573 e. The fourth-order valence-corrected chi connectivity index (χ4v) is 2.10. The molecule has 1 aromatic heterocycles. The van der Waals surface area contributed by atoms with Crippen molar-refractivity contribution >= 4 is 17.0 Å². The van der Waals surface area contributed by atoms with E-state index in [1.54, 1.807) is 17.6 Å². The van der Waals surface area contributed by atoms with Crippen molar-refractivity contribution in [2.75, 3.05) is 11.9 Å².